The van der Waals surface area contributed by atoms with Crippen LogP contribution in [0.4, 0.5) is 5.69 Å². The largest absolute Gasteiger partial charge is 0.455 e. The zero-order valence-corrected chi connectivity index (χ0v) is 15.8. The Hall–Kier alpha value is -2.83. The Kier molecular flexibility index (Phi) is 5.78. The standard InChI is InChI=1S/C19H15Cl2N3O3/c1-12-5-6-13(9-18(12)24(25)26)19-8-7-14(27-19)10-22-23-11-15-16(20)3-2-4-17(15)21/h2-10,23H,11H2,1H3/b22-10+. The van der Waals surface area contributed by atoms with Crippen LogP contribution in [-0.2, 0) is 6.54 Å². The fourth-order valence-electron chi connectivity index (χ4n) is 2.47. The molecular weight excluding hydrogens is 389 g/mol. The molecule has 138 valence electrons. The molecule has 1 aromatic heterocycles. The van der Waals surface area contributed by atoms with Gasteiger partial charge >= 0.3 is 0 Å². The van der Waals surface area contributed by atoms with Gasteiger partial charge < -0.3 is 9.84 Å². The van der Waals surface area contributed by atoms with E-state index in [0.717, 1.165) is 5.56 Å². The van der Waals surface area contributed by atoms with Crippen molar-refractivity contribution < 1.29 is 9.34 Å². The molecule has 27 heavy (non-hydrogen) atoms. The molecule has 3 rings (SSSR count). The third-order valence-corrected chi connectivity index (χ3v) is 4.63. The van der Waals surface area contributed by atoms with Crippen molar-refractivity contribution in [3.8, 4) is 11.3 Å². The summed E-state index contributed by atoms with van der Waals surface area (Å²) >= 11 is 12.2. The number of nitrogens with one attached hydrogen (secondary N) is 1. The van der Waals surface area contributed by atoms with Gasteiger partial charge in [-0.1, -0.05) is 41.4 Å². The highest BCUT2D eigenvalue weighted by Gasteiger charge is 2.13. The first-order chi connectivity index (χ1) is 13.0. The second-order valence-corrected chi connectivity index (χ2v) is 6.57. The van der Waals surface area contributed by atoms with Crippen LogP contribution in [0.1, 0.15) is 16.9 Å². The van der Waals surface area contributed by atoms with Crippen LogP contribution < -0.4 is 5.43 Å². The van der Waals surface area contributed by atoms with E-state index in [1.165, 1.54) is 12.3 Å². The van der Waals surface area contributed by atoms with E-state index >= 15 is 0 Å². The minimum Gasteiger partial charge on any atom is -0.455 e. The summed E-state index contributed by atoms with van der Waals surface area (Å²) in [5.74, 6) is 1.03. The normalized spacial score (nSPS) is 11.1. The molecule has 0 aliphatic rings. The Morgan fingerprint density at radius 3 is 2.63 bits per heavy atom. The summed E-state index contributed by atoms with van der Waals surface area (Å²) < 4.78 is 5.68. The maximum absolute atomic E-state index is 11.1. The van der Waals surface area contributed by atoms with Gasteiger partial charge in [0.2, 0.25) is 0 Å². The van der Waals surface area contributed by atoms with Crippen molar-refractivity contribution in [2.45, 2.75) is 13.5 Å². The minimum atomic E-state index is -0.409. The predicted molar refractivity (Wildman–Crippen MR) is 106 cm³/mol. The van der Waals surface area contributed by atoms with Crippen molar-refractivity contribution in [3.63, 3.8) is 0 Å². The van der Waals surface area contributed by atoms with E-state index in [0.29, 0.717) is 39.2 Å². The van der Waals surface area contributed by atoms with E-state index in [9.17, 15) is 10.1 Å². The quantitative estimate of drug-likeness (QED) is 0.330. The Morgan fingerprint density at radius 2 is 1.93 bits per heavy atom. The van der Waals surface area contributed by atoms with Gasteiger partial charge in [0, 0.05) is 32.8 Å². The Bertz CT molecular complexity index is 995. The maximum Gasteiger partial charge on any atom is 0.273 e. The van der Waals surface area contributed by atoms with Crippen molar-refractivity contribution in [3.05, 3.63) is 85.6 Å². The number of hydrazone groups is 1. The predicted octanol–water partition coefficient (Wildman–Crippen LogP) is 5.59. The summed E-state index contributed by atoms with van der Waals surface area (Å²) in [7, 11) is 0. The number of halogens is 2. The first kappa shape index (κ1) is 18.9. The third-order valence-electron chi connectivity index (χ3n) is 3.92. The highest BCUT2D eigenvalue weighted by atomic mass is 35.5. The van der Waals surface area contributed by atoms with E-state index in [4.69, 9.17) is 27.6 Å². The van der Waals surface area contributed by atoms with Gasteiger partial charge in [-0.2, -0.15) is 5.10 Å². The zero-order chi connectivity index (χ0) is 19.4. The lowest BCUT2D eigenvalue weighted by Crippen LogP contribution is -2.06. The molecule has 0 unspecified atom stereocenters. The number of nitrogens with zero attached hydrogens (tertiary/aromatic N) is 2. The molecule has 0 aliphatic carbocycles. The van der Waals surface area contributed by atoms with E-state index in [1.807, 2.05) is 0 Å². The van der Waals surface area contributed by atoms with Crippen molar-refractivity contribution in [2.75, 3.05) is 0 Å². The fraction of sp³-hybridized carbons (Fsp3) is 0.105. The summed E-state index contributed by atoms with van der Waals surface area (Å²) in [6, 6.07) is 13.7. The molecule has 0 amide bonds. The highest BCUT2D eigenvalue weighted by Crippen LogP contribution is 2.28. The van der Waals surface area contributed by atoms with Crippen LogP contribution >= 0.6 is 23.2 Å². The molecule has 0 fully saturated rings. The van der Waals surface area contributed by atoms with Gasteiger partial charge in [0.25, 0.3) is 5.69 Å². The van der Waals surface area contributed by atoms with Crippen molar-refractivity contribution in [1.82, 2.24) is 5.43 Å². The van der Waals surface area contributed by atoms with Gasteiger partial charge in [-0.05, 0) is 31.2 Å². The van der Waals surface area contributed by atoms with Crippen molar-refractivity contribution in [1.29, 1.82) is 0 Å². The van der Waals surface area contributed by atoms with Gasteiger partial charge in [-0.25, -0.2) is 0 Å². The number of benzene rings is 2. The van der Waals surface area contributed by atoms with E-state index in [1.54, 1.807) is 49.4 Å². The van der Waals surface area contributed by atoms with Gasteiger partial charge in [0.05, 0.1) is 17.7 Å². The molecule has 0 spiro atoms. The van der Waals surface area contributed by atoms with Crippen LogP contribution in [0, 0.1) is 17.0 Å². The molecule has 2 aromatic carbocycles. The topological polar surface area (TPSA) is 80.7 Å². The smallest absolute Gasteiger partial charge is 0.273 e. The Balaban J connectivity index is 1.68. The highest BCUT2D eigenvalue weighted by molar-refractivity contribution is 6.35. The van der Waals surface area contributed by atoms with Crippen LogP contribution in [0.15, 0.2) is 58.0 Å². The molecule has 3 aromatic rings. The SMILES string of the molecule is Cc1ccc(-c2ccc(/C=N/NCc3c(Cl)cccc3Cl)o2)cc1[N+](=O)[O-]. The summed E-state index contributed by atoms with van der Waals surface area (Å²) in [5, 5.41) is 16.3. The molecule has 0 atom stereocenters. The van der Waals surface area contributed by atoms with Crippen molar-refractivity contribution in [2.24, 2.45) is 5.10 Å². The van der Waals surface area contributed by atoms with Crippen LogP contribution in [0.2, 0.25) is 10.0 Å². The second-order valence-electron chi connectivity index (χ2n) is 5.75. The number of furan rings is 1. The molecule has 1 heterocycles. The molecule has 0 radical (unpaired) electrons. The average Bonchev–Trinajstić information content (AvgIpc) is 3.09. The molecule has 0 aliphatic heterocycles. The summed E-state index contributed by atoms with van der Waals surface area (Å²) in [6.07, 6.45) is 1.51. The number of nitro benzene ring substituents is 1. The van der Waals surface area contributed by atoms with Gasteiger partial charge in [0.1, 0.15) is 11.5 Å². The second kappa shape index (κ2) is 8.24. The Morgan fingerprint density at radius 1 is 1.19 bits per heavy atom. The number of hydrogen-bond donors (Lipinski definition) is 1. The molecule has 6 nitrogen and oxygen atoms in total. The number of hydrogen-bond acceptors (Lipinski definition) is 5. The van der Waals surface area contributed by atoms with Crippen LogP contribution in [0.25, 0.3) is 11.3 Å². The molecule has 0 bridgehead atoms. The van der Waals surface area contributed by atoms with Crippen LogP contribution in [-0.4, -0.2) is 11.1 Å². The summed E-state index contributed by atoms with van der Waals surface area (Å²) in [6.45, 7) is 2.06. The lowest BCUT2D eigenvalue weighted by molar-refractivity contribution is -0.385. The summed E-state index contributed by atoms with van der Waals surface area (Å²) in [5.41, 5.74) is 4.90. The Labute approximate surface area is 165 Å². The van der Waals surface area contributed by atoms with Crippen LogP contribution in [0.3, 0.4) is 0 Å². The van der Waals surface area contributed by atoms with E-state index < -0.39 is 4.92 Å². The van der Waals surface area contributed by atoms with E-state index in [2.05, 4.69) is 10.5 Å². The zero-order valence-electron chi connectivity index (χ0n) is 14.3. The number of nitro groups is 1. The van der Waals surface area contributed by atoms with Crippen LogP contribution in [0.5, 0.6) is 0 Å². The molecular formula is C19H15Cl2N3O3. The minimum absolute atomic E-state index is 0.0532. The lowest BCUT2D eigenvalue weighted by Gasteiger charge is -2.05. The van der Waals surface area contributed by atoms with Gasteiger partial charge in [0.15, 0.2) is 0 Å². The summed E-state index contributed by atoms with van der Waals surface area (Å²) in [4.78, 5) is 10.7. The molecule has 1 N–H and O–H groups in total. The number of rotatable bonds is 6. The number of aryl methyl sites for hydroxylation is 1. The van der Waals surface area contributed by atoms with Gasteiger partial charge in [-0.3, -0.25) is 10.1 Å². The maximum atomic E-state index is 11.1. The first-order valence-electron chi connectivity index (χ1n) is 8.00. The third kappa shape index (κ3) is 4.48. The fourth-order valence-corrected chi connectivity index (χ4v) is 3.00. The molecule has 0 saturated heterocycles. The molecule has 8 heteroatoms. The monoisotopic (exact) mass is 403 g/mol. The van der Waals surface area contributed by atoms with Crippen molar-refractivity contribution >= 4 is 35.1 Å². The average molecular weight is 404 g/mol. The van der Waals surface area contributed by atoms with E-state index in [-0.39, 0.29) is 5.69 Å². The lowest BCUT2D eigenvalue weighted by atomic mass is 10.1. The molecule has 0 saturated carbocycles. The van der Waals surface area contributed by atoms with Gasteiger partial charge in [-0.15, -0.1) is 0 Å². The first-order valence-corrected chi connectivity index (χ1v) is 8.75.